The first-order chi connectivity index (χ1) is 7.16. The summed E-state index contributed by atoms with van der Waals surface area (Å²) in [7, 11) is 0. The van der Waals surface area contributed by atoms with Crippen molar-refractivity contribution in [1.82, 2.24) is 10.6 Å². The van der Waals surface area contributed by atoms with E-state index < -0.39 is 0 Å². The molecule has 1 heterocycles. The van der Waals surface area contributed by atoms with Gasteiger partial charge < -0.3 is 10.6 Å². The fraction of sp³-hybridized carbons (Fsp3) is 0.917. The third-order valence-electron chi connectivity index (χ3n) is 3.91. The van der Waals surface area contributed by atoms with Crippen LogP contribution in [0.1, 0.15) is 33.1 Å². The van der Waals surface area contributed by atoms with Gasteiger partial charge in [0, 0.05) is 19.1 Å². The molecule has 1 aliphatic heterocycles. The Morgan fingerprint density at radius 1 is 1.25 bits per heavy atom. The Kier molecular flexibility index (Phi) is 5.06. The highest BCUT2D eigenvalue weighted by Gasteiger charge is 2.30. The first kappa shape index (κ1) is 13.8. The SMILES string of the molecule is CC1CCC(NC(=O)C2CNC2)C(C)C1.Cl. The highest BCUT2D eigenvalue weighted by molar-refractivity contribution is 5.85. The van der Waals surface area contributed by atoms with Crippen molar-refractivity contribution in [3.8, 4) is 0 Å². The summed E-state index contributed by atoms with van der Waals surface area (Å²) in [5.41, 5.74) is 0. The lowest BCUT2D eigenvalue weighted by Gasteiger charge is -2.35. The van der Waals surface area contributed by atoms with Crippen molar-refractivity contribution in [2.24, 2.45) is 17.8 Å². The molecule has 2 fully saturated rings. The number of amides is 1. The van der Waals surface area contributed by atoms with Crippen molar-refractivity contribution in [3.05, 3.63) is 0 Å². The summed E-state index contributed by atoms with van der Waals surface area (Å²) in [4.78, 5) is 11.8. The quantitative estimate of drug-likeness (QED) is 0.777. The lowest BCUT2D eigenvalue weighted by atomic mass is 9.79. The molecule has 2 N–H and O–H groups in total. The zero-order chi connectivity index (χ0) is 10.8. The molecule has 3 nitrogen and oxygen atoms in total. The van der Waals surface area contributed by atoms with Gasteiger partial charge in [0.15, 0.2) is 0 Å². The maximum atomic E-state index is 11.8. The number of halogens is 1. The van der Waals surface area contributed by atoms with Crippen molar-refractivity contribution in [1.29, 1.82) is 0 Å². The van der Waals surface area contributed by atoms with E-state index in [-0.39, 0.29) is 24.2 Å². The monoisotopic (exact) mass is 246 g/mol. The van der Waals surface area contributed by atoms with E-state index in [4.69, 9.17) is 0 Å². The number of hydrogen-bond donors (Lipinski definition) is 2. The average molecular weight is 247 g/mol. The molecule has 1 saturated carbocycles. The summed E-state index contributed by atoms with van der Waals surface area (Å²) in [6.07, 6.45) is 3.68. The van der Waals surface area contributed by atoms with Crippen LogP contribution in [0.15, 0.2) is 0 Å². The second-order valence-corrected chi connectivity index (χ2v) is 5.37. The van der Waals surface area contributed by atoms with Crippen LogP contribution < -0.4 is 10.6 Å². The van der Waals surface area contributed by atoms with Gasteiger partial charge in [0.25, 0.3) is 0 Å². The van der Waals surface area contributed by atoms with Crippen LogP contribution >= 0.6 is 12.4 Å². The van der Waals surface area contributed by atoms with Crippen LogP contribution in [-0.4, -0.2) is 25.0 Å². The molecule has 0 spiro atoms. The molecule has 0 bridgehead atoms. The minimum absolute atomic E-state index is 0. The number of rotatable bonds is 2. The number of hydrogen-bond acceptors (Lipinski definition) is 2. The van der Waals surface area contributed by atoms with Crippen molar-refractivity contribution in [3.63, 3.8) is 0 Å². The van der Waals surface area contributed by atoms with E-state index in [1.54, 1.807) is 0 Å². The Hall–Kier alpha value is -0.280. The Bertz CT molecular complexity index is 243. The smallest absolute Gasteiger partial charge is 0.225 e. The van der Waals surface area contributed by atoms with Gasteiger partial charge in [0.05, 0.1) is 5.92 Å². The van der Waals surface area contributed by atoms with E-state index in [1.807, 2.05) is 0 Å². The fourth-order valence-corrected chi connectivity index (χ4v) is 2.65. The van der Waals surface area contributed by atoms with E-state index in [0.717, 1.165) is 25.4 Å². The normalized spacial score (nSPS) is 34.8. The van der Waals surface area contributed by atoms with E-state index in [0.29, 0.717) is 12.0 Å². The molecule has 3 unspecified atom stereocenters. The molecule has 0 aromatic heterocycles. The Balaban J connectivity index is 0.00000128. The Labute approximate surface area is 104 Å². The molecule has 2 rings (SSSR count). The highest BCUT2D eigenvalue weighted by Crippen LogP contribution is 2.28. The molecule has 0 aromatic carbocycles. The molecule has 3 atom stereocenters. The largest absolute Gasteiger partial charge is 0.353 e. The summed E-state index contributed by atoms with van der Waals surface area (Å²) in [6, 6.07) is 0.425. The zero-order valence-corrected chi connectivity index (χ0v) is 11.0. The van der Waals surface area contributed by atoms with Crippen LogP contribution in [0.25, 0.3) is 0 Å². The van der Waals surface area contributed by atoms with E-state index in [9.17, 15) is 4.79 Å². The van der Waals surface area contributed by atoms with Gasteiger partial charge in [-0.05, 0) is 31.1 Å². The van der Waals surface area contributed by atoms with Gasteiger partial charge in [-0.15, -0.1) is 12.4 Å². The van der Waals surface area contributed by atoms with Crippen LogP contribution in [0, 0.1) is 17.8 Å². The molecule has 0 aromatic rings. The highest BCUT2D eigenvalue weighted by atomic mass is 35.5. The minimum Gasteiger partial charge on any atom is -0.353 e. The second-order valence-electron chi connectivity index (χ2n) is 5.37. The van der Waals surface area contributed by atoms with Crippen LogP contribution in [0.5, 0.6) is 0 Å². The molecule has 1 aliphatic carbocycles. The number of carbonyl (C=O) groups excluding carboxylic acids is 1. The first-order valence-electron chi connectivity index (χ1n) is 6.18. The molecule has 94 valence electrons. The Morgan fingerprint density at radius 3 is 2.44 bits per heavy atom. The van der Waals surface area contributed by atoms with Gasteiger partial charge in [-0.1, -0.05) is 13.8 Å². The predicted molar refractivity (Wildman–Crippen MR) is 67.7 cm³/mol. The molecular formula is C12H23ClN2O. The fourth-order valence-electron chi connectivity index (χ4n) is 2.65. The maximum absolute atomic E-state index is 11.8. The summed E-state index contributed by atoms with van der Waals surface area (Å²) in [5, 5.41) is 6.35. The van der Waals surface area contributed by atoms with E-state index >= 15 is 0 Å². The van der Waals surface area contributed by atoms with Crippen molar-refractivity contribution >= 4 is 18.3 Å². The summed E-state index contributed by atoms with van der Waals surface area (Å²) < 4.78 is 0. The standard InChI is InChI=1S/C12H22N2O.ClH/c1-8-3-4-11(9(2)5-8)14-12(15)10-6-13-7-10;/h8-11,13H,3-7H2,1-2H3,(H,14,15);1H. The summed E-state index contributed by atoms with van der Waals surface area (Å²) >= 11 is 0. The molecule has 1 amide bonds. The third kappa shape index (κ3) is 3.11. The van der Waals surface area contributed by atoms with Crippen molar-refractivity contribution in [2.75, 3.05) is 13.1 Å². The zero-order valence-electron chi connectivity index (χ0n) is 10.2. The van der Waals surface area contributed by atoms with Gasteiger partial charge in [-0.2, -0.15) is 0 Å². The van der Waals surface area contributed by atoms with Gasteiger partial charge in [-0.25, -0.2) is 0 Å². The molecule has 4 heteroatoms. The minimum atomic E-state index is 0. The summed E-state index contributed by atoms with van der Waals surface area (Å²) in [6.45, 7) is 6.30. The van der Waals surface area contributed by atoms with Gasteiger partial charge in [0.2, 0.25) is 5.91 Å². The van der Waals surface area contributed by atoms with Crippen LogP contribution in [-0.2, 0) is 4.79 Å². The second kappa shape index (κ2) is 5.87. The molecular weight excluding hydrogens is 224 g/mol. The Morgan fingerprint density at radius 2 is 1.94 bits per heavy atom. The van der Waals surface area contributed by atoms with Crippen LogP contribution in [0.3, 0.4) is 0 Å². The van der Waals surface area contributed by atoms with Crippen molar-refractivity contribution < 1.29 is 4.79 Å². The van der Waals surface area contributed by atoms with E-state index in [1.165, 1.54) is 12.8 Å². The topological polar surface area (TPSA) is 41.1 Å². The average Bonchev–Trinajstić information content (AvgIpc) is 2.07. The third-order valence-corrected chi connectivity index (χ3v) is 3.91. The molecule has 16 heavy (non-hydrogen) atoms. The van der Waals surface area contributed by atoms with Crippen LogP contribution in [0.4, 0.5) is 0 Å². The van der Waals surface area contributed by atoms with E-state index in [2.05, 4.69) is 24.5 Å². The first-order valence-corrected chi connectivity index (χ1v) is 6.18. The number of nitrogens with one attached hydrogen (secondary N) is 2. The van der Waals surface area contributed by atoms with Crippen LogP contribution in [0.2, 0.25) is 0 Å². The molecule has 2 aliphatic rings. The van der Waals surface area contributed by atoms with Gasteiger partial charge in [0.1, 0.15) is 0 Å². The summed E-state index contributed by atoms with van der Waals surface area (Å²) in [5.74, 6) is 1.97. The molecule has 0 radical (unpaired) electrons. The molecule has 1 saturated heterocycles. The van der Waals surface area contributed by atoms with Gasteiger partial charge >= 0.3 is 0 Å². The van der Waals surface area contributed by atoms with Gasteiger partial charge in [-0.3, -0.25) is 4.79 Å². The maximum Gasteiger partial charge on any atom is 0.225 e. The number of carbonyl (C=O) groups is 1. The lowest BCUT2D eigenvalue weighted by molar-refractivity contribution is -0.127. The predicted octanol–water partition coefficient (Wildman–Crippen LogP) is 1.57. The lowest BCUT2D eigenvalue weighted by Crippen LogP contribution is -2.54. The van der Waals surface area contributed by atoms with Crippen molar-refractivity contribution in [2.45, 2.75) is 39.2 Å².